The Hall–Kier alpha value is -2.70. The van der Waals surface area contributed by atoms with Crippen LogP contribution >= 0.6 is 11.6 Å². The average Bonchev–Trinajstić information content (AvgIpc) is 3.12. The summed E-state index contributed by atoms with van der Waals surface area (Å²) in [7, 11) is 1.72. The average molecular weight is 396 g/mol. The summed E-state index contributed by atoms with van der Waals surface area (Å²) in [6.07, 6.45) is 0. The van der Waals surface area contributed by atoms with E-state index in [1.54, 1.807) is 7.05 Å². The largest absolute Gasteiger partial charge is 0.303 e. The van der Waals surface area contributed by atoms with Crippen molar-refractivity contribution in [1.82, 2.24) is 24.5 Å². The van der Waals surface area contributed by atoms with Crippen LogP contribution in [0.4, 0.5) is 0 Å². The highest BCUT2D eigenvalue weighted by Gasteiger charge is 2.18. The molecule has 7 heteroatoms. The third-order valence-electron chi connectivity index (χ3n) is 5.07. The van der Waals surface area contributed by atoms with Gasteiger partial charge in [-0.25, -0.2) is 0 Å². The van der Waals surface area contributed by atoms with Crippen molar-refractivity contribution in [2.45, 2.75) is 26.4 Å². The molecule has 4 aromatic rings. The van der Waals surface area contributed by atoms with Crippen LogP contribution in [-0.2, 0) is 13.6 Å². The second-order valence-electron chi connectivity index (χ2n) is 7.29. The second-order valence-corrected chi connectivity index (χ2v) is 7.72. The molecule has 0 saturated carbocycles. The highest BCUT2D eigenvalue weighted by Crippen LogP contribution is 2.24. The summed E-state index contributed by atoms with van der Waals surface area (Å²) in [4.78, 5) is 12.6. The minimum atomic E-state index is -0.0729. The van der Waals surface area contributed by atoms with Gasteiger partial charge in [0.1, 0.15) is 0 Å². The normalized spacial score (nSPS) is 12.9. The molecular weight excluding hydrogens is 374 g/mol. The number of nitrogens with one attached hydrogen (secondary N) is 1. The summed E-state index contributed by atoms with van der Waals surface area (Å²) < 4.78 is 3.49. The van der Waals surface area contributed by atoms with Crippen LogP contribution in [0.15, 0.2) is 53.3 Å². The highest BCUT2D eigenvalue weighted by atomic mass is 35.5. The van der Waals surface area contributed by atoms with Gasteiger partial charge < -0.3 is 5.32 Å². The maximum atomic E-state index is 12.6. The predicted octanol–water partition coefficient (Wildman–Crippen LogP) is 3.72. The van der Waals surface area contributed by atoms with Gasteiger partial charge in [0.05, 0.1) is 17.4 Å². The van der Waals surface area contributed by atoms with Gasteiger partial charge >= 0.3 is 0 Å². The molecule has 0 bridgehead atoms. The Morgan fingerprint density at radius 1 is 1.07 bits per heavy atom. The van der Waals surface area contributed by atoms with Crippen molar-refractivity contribution >= 4 is 28.3 Å². The summed E-state index contributed by atoms with van der Waals surface area (Å²) in [6.45, 7) is 4.87. The topological polar surface area (TPSA) is 64.2 Å². The van der Waals surface area contributed by atoms with Crippen molar-refractivity contribution in [3.63, 3.8) is 0 Å². The monoisotopic (exact) mass is 395 g/mol. The van der Waals surface area contributed by atoms with Crippen molar-refractivity contribution in [2.75, 3.05) is 0 Å². The lowest BCUT2D eigenvalue weighted by molar-refractivity contribution is 0.405. The fraction of sp³-hybridized carbons (Fsp3) is 0.286. The fourth-order valence-corrected chi connectivity index (χ4v) is 3.74. The molecule has 1 atom stereocenters. The van der Waals surface area contributed by atoms with E-state index in [0.29, 0.717) is 23.6 Å². The quantitative estimate of drug-likeness (QED) is 0.559. The number of rotatable bonds is 5. The molecule has 0 aliphatic heterocycles. The van der Waals surface area contributed by atoms with E-state index < -0.39 is 0 Å². The van der Waals surface area contributed by atoms with E-state index in [1.807, 2.05) is 52.9 Å². The molecule has 1 N–H and O–H groups in total. The number of aryl methyl sites for hydroxylation is 1. The van der Waals surface area contributed by atoms with Crippen LogP contribution in [0.5, 0.6) is 0 Å². The Bertz CT molecular complexity index is 1190. The Morgan fingerprint density at radius 3 is 2.50 bits per heavy atom. The lowest BCUT2D eigenvalue weighted by Gasteiger charge is -2.23. The number of fused-ring (bicyclic) bond motifs is 3. The third-order valence-corrected chi connectivity index (χ3v) is 5.32. The molecule has 1 unspecified atom stereocenters. The van der Waals surface area contributed by atoms with Gasteiger partial charge in [-0.3, -0.25) is 13.8 Å². The van der Waals surface area contributed by atoms with Gasteiger partial charge in [-0.2, -0.15) is 0 Å². The Labute approximate surface area is 167 Å². The zero-order valence-corrected chi connectivity index (χ0v) is 16.8. The van der Waals surface area contributed by atoms with Crippen molar-refractivity contribution < 1.29 is 0 Å². The molecule has 4 rings (SSSR count). The first-order chi connectivity index (χ1) is 13.5. The Balaban J connectivity index is 1.74. The molecule has 0 aliphatic carbocycles. The maximum Gasteiger partial charge on any atom is 0.262 e. The third kappa shape index (κ3) is 3.19. The van der Waals surface area contributed by atoms with E-state index in [4.69, 9.17) is 11.6 Å². The summed E-state index contributed by atoms with van der Waals surface area (Å²) in [5, 5.41) is 13.6. The molecule has 0 spiro atoms. The first kappa shape index (κ1) is 18.7. The summed E-state index contributed by atoms with van der Waals surface area (Å²) in [6, 6.07) is 15.6. The van der Waals surface area contributed by atoms with Crippen molar-refractivity contribution in [3.8, 4) is 0 Å². The number of hydrogen-bond donors (Lipinski definition) is 1. The smallest absolute Gasteiger partial charge is 0.262 e. The number of hydrogen-bond acceptors (Lipinski definition) is 4. The second kappa shape index (κ2) is 7.37. The molecule has 0 saturated heterocycles. The Kier molecular flexibility index (Phi) is 4.91. The van der Waals surface area contributed by atoms with Crippen LogP contribution in [0, 0.1) is 5.92 Å². The van der Waals surface area contributed by atoms with Crippen molar-refractivity contribution in [2.24, 2.45) is 13.0 Å². The number of benzene rings is 2. The minimum Gasteiger partial charge on any atom is -0.303 e. The van der Waals surface area contributed by atoms with Gasteiger partial charge in [0.2, 0.25) is 5.78 Å². The maximum absolute atomic E-state index is 12.6. The molecule has 0 aliphatic rings. The number of para-hydroxylation sites is 1. The molecule has 2 aromatic heterocycles. The predicted molar refractivity (Wildman–Crippen MR) is 112 cm³/mol. The standard InChI is InChI=1S/C21H22ClN5O/c1-13(2)19(14-8-10-15(22)11-9-14)23-12-18-24-25-21-26(3)20(28)16-6-4-5-7-17(16)27(18)21/h4-11,13,19,23H,12H2,1-3H3. The molecule has 0 amide bonds. The number of aromatic nitrogens is 4. The van der Waals surface area contributed by atoms with Gasteiger partial charge in [0.15, 0.2) is 5.82 Å². The number of nitrogens with zero attached hydrogens (tertiary/aromatic N) is 4. The molecule has 6 nitrogen and oxygen atoms in total. The van der Waals surface area contributed by atoms with E-state index in [0.717, 1.165) is 16.4 Å². The van der Waals surface area contributed by atoms with Gasteiger partial charge in [-0.1, -0.05) is 49.7 Å². The molecular formula is C21H22ClN5O. The van der Waals surface area contributed by atoms with Gasteiger partial charge in [0.25, 0.3) is 5.56 Å². The summed E-state index contributed by atoms with van der Waals surface area (Å²) in [5.74, 6) is 1.68. The van der Waals surface area contributed by atoms with E-state index >= 15 is 0 Å². The van der Waals surface area contributed by atoms with Crippen LogP contribution in [0.2, 0.25) is 5.02 Å². The van der Waals surface area contributed by atoms with E-state index in [9.17, 15) is 4.79 Å². The SMILES string of the molecule is CC(C)C(NCc1nnc2n(C)c(=O)c3ccccc3n12)c1ccc(Cl)cc1. The molecule has 2 aromatic carbocycles. The van der Waals surface area contributed by atoms with Crippen LogP contribution in [0.25, 0.3) is 16.7 Å². The minimum absolute atomic E-state index is 0.0729. The van der Waals surface area contributed by atoms with Crippen LogP contribution in [0.3, 0.4) is 0 Å². The molecule has 144 valence electrons. The lowest BCUT2D eigenvalue weighted by Crippen LogP contribution is -2.27. The van der Waals surface area contributed by atoms with Crippen LogP contribution in [-0.4, -0.2) is 19.2 Å². The van der Waals surface area contributed by atoms with Crippen molar-refractivity contribution in [3.05, 3.63) is 75.3 Å². The number of halogens is 1. The Morgan fingerprint density at radius 2 is 1.79 bits per heavy atom. The van der Waals surface area contributed by atoms with Gasteiger partial charge in [-0.15, -0.1) is 10.2 Å². The summed E-state index contributed by atoms with van der Waals surface area (Å²) in [5.41, 5.74) is 1.91. The van der Waals surface area contributed by atoms with E-state index in [-0.39, 0.29) is 11.6 Å². The van der Waals surface area contributed by atoms with Crippen LogP contribution < -0.4 is 10.9 Å². The molecule has 0 fully saturated rings. The van der Waals surface area contributed by atoms with Gasteiger partial charge in [0, 0.05) is 18.1 Å². The van der Waals surface area contributed by atoms with Gasteiger partial charge in [-0.05, 0) is 35.7 Å². The van der Waals surface area contributed by atoms with E-state index in [2.05, 4.69) is 29.4 Å². The molecule has 28 heavy (non-hydrogen) atoms. The lowest BCUT2D eigenvalue weighted by atomic mass is 9.96. The fourth-order valence-electron chi connectivity index (χ4n) is 3.62. The highest BCUT2D eigenvalue weighted by molar-refractivity contribution is 6.30. The van der Waals surface area contributed by atoms with Crippen molar-refractivity contribution in [1.29, 1.82) is 0 Å². The van der Waals surface area contributed by atoms with Crippen LogP contribution in [0.1, 0.15) is 31.3 Å². The first-order valence-electron chi connectivity index (χ1n) is 9.28. The first-order valence-corrected chi connectivity index (χ1v) is 9.65. The molecule has 0 radical (unpaired) electrons. The zero-order valence-electron chi connectivity index (χ0n) is 16.1. The zero-order chi connectivity index (χ0) is 19.8. The van der Waals surface area contributed by atoms with E-state index in [1.165, 1.54) is 10.1 Å². The molecule has 2 heterocycles. The summed E-state index contributed by atoms with van der Waals surface area (Å²) >= 11 is 6.03.